The highest BCUT2D eigenvalue weighted by Gasteiger charge is 2.19. The summed E-state index contributed by atoms with van der Waals surface area (Å²) >= 11 is 0. The standard InChI is InChI=1S/C22H17N5O2/c28-21(17-11-13-23-14-12-17)24-25-22(29)19-15-27(18-9-5-2-6-10-18)26-20(19)16-7-3-1-4-8-16/h1-15H,(H,24,28)(H,25,29). The number of hydrazine groups is 1. The van der Waals surface area contributed by atoms with Crippen molar-refractivity contribution in [2.75, 3.05) is 0 Å². The van der Waals surface area contributed by atoms with E-state index >= 15 is 0 Å². The molecule has 0 atom stereocenters. The van der Waals surface area contributed by atoms with Gasteiger partial charge in [0.15, 0.2) is 0 Å². The van der Waals surface area contributed by atoms with E-state index in [0.29, 0.717) is 16.8 Å². The lowest BCUT2D eigenvalue weighted by Crippen LogP contribution is -2.41. The first-order chi connectivity index (χ1) is 14.2. The summed E-state index contributed by atoms with van der Waals surface area (Å²) in [5.74, 6) is -0.897. The molecule has 2 aromatic carbocycles. The first-order valence-electron chi connectivity index (χ1n) is 8.93. The molecule has 0 aliphatic heterocycles. The van der Waals surface area contributed by atoms with Gasteiger partial charge in [-0.1, -0.05) is 48.5 Å². The van der Waals surface area contributed by atoms with Crippen molar-refractivity contribution in [1.82, 2.24) is 25.6 Å². The van der Waals surface area contributed by atoms with Crippen LogP contribution in [0.15, 0.2) is 91.4 Å². The smallest absolute Gasteiger partial charge is 0.267 e. The summed E-state index contributed by atoms with van der Waals surface area (Å²) in [7, 11) is 0. The number of pyridine rings is 1. The van der Waals surface area contributed by atoms with Crippen LogP contribution in [-0.2, 0) is 0 Å². The van der Waals surface area contributed by atoms with Gasteiger partial charge in [-0.3, -0.25) is 25.4 Å². The number of hydrogen-bond acceptors (Lipinski definition) is 4. The average Bonchev–Trinajstić information content (AvgIpc) is 3.25. The third-order valence-corrected chi connectivity index (χ3v) is 4.26. The minimum absolute atomic E-state index is 0.343. The fourth-order valence-electron chi connectivity index (χ4n) is 2.82. The zero-order chi connectivity index (χ0) is 20.1. The Morgan fingerprint density at radius 1 is 0.759 bits per heavy atom. The highest BCUT2D eigenvalue weighted by molar-refractivity contribution is 6.02. The molecule has 0 unspecified atom stereocenters. The predicted octanol–water partition coefficient (Wildman–Crippen LogP) is 3.01. The highest BCUT2D eigenvalue weighted by Crippen LogP contribution is 2.23. The minimum Gasteiger partial charge on any atom is -0.267 e. The molecule has 2 N–H and O–H groups in total. The van der Waals surface area contributed by atoms with E-state index in [0.717, 1.165) is 11.3 Å². The molecule has 142 valence electrons. The van der Waals surface area contributed by atoms with Gasteiger partial charge >= 0.3 is 0 Å². The molecule has 29 heavy (non-hydrogen) atoms. The molecule has 2 aromatic heterocycles. The number of nitrogens with zero attached hydrogens (tertiary/aromatic N) is 3. The molecular weight excluding hydrogens is 366 g/mol. The Kier molecular flexibility index (Phi) is 5.11. The molecule has 2 amide bonds. The minimum atomic E-state index is -0.464. The van der Waals surface area contributed by atoms with Crippen molar-refractivity contribution < 1.29 is 9.59 Å². The van der Waals surface area contributed by atoms with Gasteiger partial charge in [-0.25, -0.2) is 4.68 Å². The fraction of sp³-hybridized carbons (Fsp3) is 0. The fourth-order valence-corrected chi connectivity index (χ4v) is 2.82. The van der Waals surface area contributed by atoms with Gasteiger partial charge in [0.25, 0.3) is 11.8 Å². The lowest BCUT2D eigenvalue weighted by atomic mass is 10.1. The number of carbonyl (C=O) groups is 2. The molecule has 0 saturated heterocycles. The number of hydrogen-bond donors (Lipinski definition) is 2. The van der Waals surface area contributed by atoms with Crippen molar-refractivity contribution in [3.8, 4) is 16.9 Å². The average molecular weight is 383 g/mol. The SMILES string of the molecule is O=C(NNC(=O)c1cn(-c2ccccc2)nc1-c1ccccc1)c1ccncc1. The second kappa shape index (κ2) is 8.18. The molecule has 0 spiro atoms. The Labute approximate surface area is 167 Å². The van der Waals surface area contributed by atoms with Crippen LogP contribution in [-0.4, -0.2) is 26.6 Å². The first-order valence-corrected chi connectivity index (χ1v) is 8.93. The van der Waals surface area contributed by atoms with Crippen molar-refractivity contribution in [2.45, 2.75) is 0 Å². The molecule has 7 heteroatoms. The van der Waals surface area contributed by atoms with E-state index in [-0.39, 0.29) is 0 Å². The van der Waals surface area contributed by atoms with Gasteiger partial charge in [-0.15, -0.1) is 0 Å². The van der Waals surface area contributed by atoms with Crippen molar-refractivity contribution in [1.29, 1.82) is 0 Å². The molecule has 0 radical (unpaired) electrons. The summed E-state index contributed by atoms with van der Waals surface area (Å²) < 4.78 is 1.64. The maximum atomic E-state index is 12.8. The van der Waals surface area contributed by atoms with Crippen LogP contribution in [0.25, 0.3) is 16.9 Å². The molecule has 2 heterocycles. The number of amides is 2. The maximum Gasteiger partial charge on any atom is 0.273 e. The molecule has 0 aliphatic carbocycles. The van der Waals surface area contributed by atoms with Crippen molar-refractivity contribution in [3.63, 3.8) is 0 Å². The number of rotatable bonds is 4. The largest absolute Gasteiger partial charge is 0.273 e. The normalized spacial score (nSPS) is 10.3. The first kappa shape index (κ1) is 18.1. The van der Waals surface area contributed by atoms with Crippen LogP contribution in [0.5, 0.6) is 0 Å². The lowest BCUT2D eigenvalue weighted by molar-refractivity contribution is 0.0847. The second-order valence-corrected chi connectivity index (χ2v) is 6.18. The van der Waals surface area contributed by atoms with Crippen molar-refractivity contribution in [3.05, 3.63) is 103 Å². The van der Waals surface area contributed by atoms with Crippen LogP contribution in [0, 0.1) is 0 Å². The summed E-state index contributed by atoms with van der Waals surface area (Å²) in [4.78, 5) is 28.9. The van der Waals surface area contributed by atoms with Crippen LogP contribution in [0.2, 0.25) is 0 Å². The molecule has 0 fully saturated rings. The number of para-hydroxylation sites is 1. The number of nitrogens with one attached hydrogen (secondary N) is 2. The van der Waals surface area contributed by atoms with E-state index in [1.165, 1.54) is 12.4 Å². The third-order valence-electron chi connectivity index (χ3n) is 4.26. The molecule has 0 aliphatic rings. The summed E-state index contributed by atoms with van der Waals surface area (Å²) in [6.45, 7) is 0. The van der Waals surface area contributed by atoms with Gasteiger partial charge in [-0.05, 0) is 24.3 Å². The molecule has 0 bridgehead atoms. The predicted molar refractivity (Wildman–Crippen MR) is 108 cm³/mol. The lowest BCUT2D eigenvalue weighted by Gasteiger charge is -2.07. The molecule has 0 saturated carbocycles. The Balaban J connectivity index is 1.62. The van der Waals surface area contributed by atoms with Gasteiger partial charge in [0.2, 0.25) is 0 Å². The van der Waals surface area contributed by atoms with E-state index in [1.54, 1.807) is 23.0 Å². The number of benzene rings is 2. The van der Waals surface area contributed by atoms with E-state index in [4.69, 9.17) is 0 Å². The van der Waals surface area contributed by atoms with E-state index in [9.17, 15) is 9.59 Å². The topological polar surface area (TPSA) is 88.9 Å². The van der Waals surface area contributed by atoms with Crippen LogP contribution in [0.3, 0.4) is 0 Å². The Morgan fingerprint density at radius 2 is 1.38 bits per heavy atom. The highest BCUT2D eigenvalue weighted by atomic mass is 16.2. The summed E-state index contributed by atoms with van der Waals surface area (Å²) in [5, 5.41) is 4.59. The zero-order valence-electron chi connectivity index (χ0n) is 15.3. The third kappa shape index (κ3) is 4.03. The summed E-state index contributed by atoms with van der Waals surface area (Å²) in [5.41, 5.74) is 7.76. The molecular formula is C22H17N5O2. The van der Waals surface area contributed by atoms with Crippen LogP contribution in [0.4, 0.5) is 0 Å². The van der Waals surface area contributed by atoms with Gasteiger partial charge in [-0.2, -0.15) is 5.10 Å². The summed E-state index contributed by atoms with van der Waals surface area (Å²) in [6, 6.07) is 22.0. The Bertz CT molecular complexity index is 1130. The van der Waals surface area contributed by atoms with Gasteiger partial charge < -0.3 is 0 Å². The van der Waals surface area contributed by atoms with E-state index in [1.807, 2.05) is 60.7 Å². The Hall–Kier alpha value is -4.26. The van der Waals surface area contributed by atoms with Crippen LogP contribution < -0.4 is 10.9 Å². The van der Waals surface area contributed by atoms with Crippen molar-refractivity contribution in [2.24, 2.45) is 0 Å². The van der Waals surface area contributed by atoms with E-state index < -0.39 is 11.8 Å². The maximum absolute atomic E-state index is 12.8. The Morgan fingerprint density at radius 3 is 2.07 bits per heavy atom. The monoisotopic (exact) mass is 383 g/mol. The van der Waals surface area contributed by atoms with Gasteiger partial charge in [0.1, 0.15) is 5.69 Å². The molecule has 4 aromatic rings. The van der Waals surface area contributed by atoms with Crippen LogP contribution in [0.1, 0.15) is 20.7 Å². The number of aromatic nitrogens is 3. The second-order valence-electron chi connectivity index (χ2n) is 6.18. The van der Waals surface area contributed by atoms with Crippen LogP contribution >= 0.6 is 0 Å². The molecule has 4 rings (SSSR count). The van der Waals surface area contributed by atoms with Crippen molar-refractivity contribution >= 4 is 11.8 Å². The van der Waals surface area contributed by atoms with Gasteiger partial charge in [0.05, 0.1) is 11.3 Å². The molecule has 7 nitrogen and oxygen atoms in total. The number of carbonyl (C=O) groups excluding carboxylic acids is 2. The summed E-state index contributed by atoms with van der Waals surface area (Å²) in [6.07, 6.45) is 4.66. The van der Waals surface area contributed by atoms with Gasteiger partial charge in [0, 0.05) is 29.7 Å². The quantitative estimate of drug-likeness (QED) is 0.530. The zero-order valence-corrected chi connectivity index (χ0v) is 15.3. The van der Waals surface area contributed by atoms with E-state index in [2.05, 4.69) is 20.9 Å².